The third-order valence-corrected chi connectivity index (χ3v) is 3.99. The largest absolute Gasteiger partial charge is 0.399 e. The molecule has 0 aliphatic heterocycles. The van der Waals surface area contributed by atoms with Crippen LogP contribution in [0.1, 0.15) is 5.56 Å². The topological polar surface area (TPSA) is 72.2 Å². The Kier molecular flexibility index (Phi) is 3.82. The minimum absolute atomic E-state index is 0.104. The van der Waals surface area contributed by atoms with E-state index < -0.39 is 20.7 Å². The zero-order valence-electron chi connectivity index (χ0n) is 10.0. The minimum Gasteiger partial charge on any atom is -0.399 e. The van der Waals surface area contributed by atoms with Crippen molar-refractivity contribution in [1.29, 1.82) is 0 Å². The van der Waals surface area contributed by atoms with Gasteiger partial charge in [-0.3, -0.25) is 0 Å². The zero-order valence-corrected chi connectivity index (χ0v) is 10.8. The van der Waals surface area contributed by atoms with Crippen molar-refractivity contribution in [3.8, 4) is 0 Å². The van der Waals surface area contributed by atoms with Crippen molar-refractivity contribution >= 4 is 15.7 Å². The molecule has 0 unspecified atom stereocenters. The number of benzene rings is 2. The summed E-state index contributed by atoms with van der Waals surface area (Å²) in [6.07, 6.45) is 0. The Hall–Kier alpha value is -1.92. The van der Waals surface area contributed by atoms with Gasteiger partial charge in [0.25, 0.3) is 0 Å². The fourth-order valence-corrected chi connectivity index (χ4v) is 2.66. The first-order valence-corrected chi connectivity index (χ1v) is 7.06. The summed E-state index contributed by atoms with van der Waals surface area (Å²) in [5.41, 5.74) is 6.35. The second kappa shape index (κ2) is 5.38. The van der Waals surface area contributed by atoms with Crippen LogP contribution in [-0.2, 0) is 16.6 Å². The van der Waals surface area contributed by atoms with E-state index in [1.54, 1.807) is 24.3 Å². The molecule has 100 valence electrons. The van der Waals surface area contributed by atoms with Crippen LogP contribution >= 0.6 is 0 Å². The van der Waals surface area contributed by atoms with E-state index in [-0.39, 0.29) is 12.2 Å². The lowest BCUT2D eigenvalue weighted by Crippen LogP contribution is -2.24. The van der Waals surface area contributed by atoms with Crippen LogP contribution in [0.25, 0.3) is 0 Å². The highest BCUT2D eigenvalue weighted by Crippen LogP contribution is 2.17. The summed E-state index contributed by atoms with van der Waals surface area (Å²) >= 11 is 0. The van der Waals surface area contributed by atoms with Crippen molar-refractivity contribution in [2.75, 3.05) is 5.73 Å². The van der Waals surface area contributed by atoms with E-state index in [1.807, 2.05) is 6.07 Å². The number of hydrogen-bond donors (Lipinski definition) is 2. The smallest absolute Gasteiger partial charge is 0.243 e. The third-order valence-electron chi connectivity index (χ3n) is 2.55. The number of anilines is 1. The fourth-order valence-electron chi connectivity index (χ4n) is 1.59. The summed E-state index contributed by atoms with van der Waals surface area (Å²) in [4.78, 5) is -0.405. The highest BCUT2D eigenvalue weighted by molar-refractivity contribution is 7.89. The molecule has 19 heavy (non-hydrogen) atoms. The monoisotopic (exact) mass is 280 g/mol. The molecule has 4 nitrogen and oxygen atoms in total. The molecular weight excluding hydrogens is 267 g/mol. The molecule has 0 aliphatic rings. The molecular formula is C13H13FN2O2S. The van der Waals surface area contributed by atoms with Crippen LogP contribution in [0.4, 0.5) is 10.1 Å². The van der Waals surface area contributed by atoms with Gasteiger partial charge in [-0.05, 0) is 23.8 Å². The Labute approximate surface area is 111 Å². The molecule has 0 saturated carbocycles. The normalized spacial score (nSPS) is 11.4. The SMILES string of the molecule is Nc1ccc(S(=O)(=O)NCc2ccccc2)c(F)c1. The minimum atomic E-state index is -3.89. The second-order valence-electron chi connectivity index (χ2n) is 4.00. The van der Waals surface area contributed by atoms with Crippen LogP contribution in [-0.4, -0.2) is 8.42 Å². The number of halogens is 1. The van der Waals surface area contributed by atoms with E-state index in [0.29, 0.717) is 0 Å². The maximum Gasteiger partial charge on any atom is 0.243 e. The van der Waals surface area contributed by atoms with Crippen molar-refractivity contribution in [2.24, 2.45) is 0 Å². The average molecular weight is 280 g/mol. The van der Waals surface area contributed by atoms with Gasteiger partial charge in [0.05, 0.1) is 0 Å². The van der Waals surface area contributed by atoms with Gasteiger partial charge in [0.1, 0.15) is 10.7 Å². The van der Waals surface area contributed by atoms with E-state index in [9.17, 15) is 12.8 Å². The number of hydrogen-bond acceptors (Lipinski definition) is 3. The lowest BCUT2D eigenvalue weighted by atomic mass is 10.2. The average Bonchev–Trinajstić information content (AvgIpc) is 2.37. The Bertz CT molecular complexity index is 672. The molecule has 0 spiro atoms. The first kappa shape index (κ1) is 13.5. The van der Waals surface area contributed by atoms with Crippen molar-refractivity contribution < 1.29 is 12.8 Å². The molecule has 2 rings (SSSR count). The molecule has 0 amide bonds. The van der Waals surface area contributed by atoms with E-state index in [4.69, 9.17) is 5.73 Å². The summed E-state index contributed by atoms with van der Waals surface area (Å²) in [6.45, 7) is 0.104. The summed E-state index contributed by atoms with van der Waals surface area (Å²) < 4.78 is 39.8. The Balaban J connectivity index is 2.19. The Morgan fingerprint density at radius 2 is 1.79 bits per heavy atom. The van der Waals surface area contributed by atoms with E-state index in [0.717, 1.165) is 17.7 Å². The van der Waals surface area contributed by atoms with Crippen LogP contribution in [0.2, 0.25) is 0 Å². The van der Waals surface area contributed by atoms with Crippen molar-refractivity contribution in [3.05, 3.63) is 59.9 Å². The molecule has 2 aromatic rings. The number of nitrogens with two attached hydrogens (primary N) is 1. The molecule has 0 aromatic heterocycles. The van der Waals surface area contributed by atoms with Crippen LogP contribution in [0, 0.1) is 5.82 Å². The van der Waals surface area contributed by atoms with Crippen molar-refractivity contribution in [2.45, 2.75) is 11.4 Å². The van der Waals surface area contributed by atoms with Crippen LogP contribution in [0.3, 0.4) is 0 Å². The maximum atomic E-state index is 13.6. The number of nitrogen functional groups attached to an aromatic ring is 1. The van der Waals surface area contributed by atoms with Crippen molar-refractivity contribution in [3.63, 3.8) is 0 Å². The van der Waals surface area contributed by atoms with Gasteiger partial charge < -0.3 is 5.73 Å². The number of rotatable bonds is 4. The van der Waals surface area contributed by atoms with Crippen LogP contribution in [0.5, 0.6) is 0 Å². The predicted molar refractivity (Wildman–Crippen MR) is 71.3 cm³/mol. The summed E-state index contributed by atoms with van der Waals surface area (Å²) in [5, 5.41) is 0. The molecule has 2 aromatic carbocycles. The van der Waals surface area contributed by atoms with Crippen LogP contribution in [0.15, 0.2) is 53.4 Å². The summed E-state index contributed by atoms with van der Waals surface area (Å²) in [5.74, 6) is -0.861. The lowest BCUT2D eigenvalue weighted by molar-refractivity contribution is 0.557. The molecule has 0 aliphatic carbocycles. The molecule has 0 heterocycles. The van der Waals surface area contributed by atoms with Gasteiger partial charge in [-0.25, -0.2) is 17.5 Å². The molecule has 0 atom stereocenters. The number of sulfonamides is 1. The van der Waals surface area contributed by atoms with Gasteiger partial charge in [-0.2, -0.15) is 0 Å². The fraction of sp³-hybridized carbons (Fsp3) is 0.0769. The van der Waals surface area contributed by atoms with Gasteiger partial charge in [0.15, 0.2) is 0 Å². The highest BCUT2D eigenvalue weighted by Gasteiger charge is 2.18. The van der Waals surface area contributed by atoms with Gasteiger partial charge >= 0.3 is 0 Å². The Morgan fingerprint density at radius 3 is 2.42 bits per heavy atom. The van der Waals surface area contributed by atoms with Gasteiger partial charge in [0.2, 0.25) is 10.0 Å². The third kappa shape index (κ3) is 3.30. The molecule has 3 N–H and O–H groups in total. The first-order valence-electron chi connectivity index (χ1n) is 5.58. The summed E-state index contributed by atoms with van der Waals surface area (Å²) in [6, 6.07) is 12.5. The van der Waals surface area contributed by atoms with Gasteiger partial charge in [-0.1, -0.05) is 30.3 Å². The zero-order chi connectivity index (χ0) is 13.9. The summed E-state index contributed by atoms with van der Waals surface area (Å²) in [7, 11) is -3.89. The maximum absolute atomic E-state index is 13.6. The van der Waals surface area contributed by atoms with Gasteiger partial charge in [0, 0.05) is 12.2 Å². The quantitative estimate of drug-likeness (QED) is 0.840. The first-order chi connectivity index (χ1) is 8.99. The molecule has 0 radical (unpaired) electrons. The number of nitrogens with one attached hydrogen (secondary N) is 1. The molecule has 0 bridgehead atoms. The van der Waals surface area contributed by atoms with Gasteiger partial charge in [-0.15, -0.1) is 0 Å². The molecule has 0 saturated heterocycles. The predicted octanol–water partition coefficient (Wildman–Crippen LogP) is 1.89. The van der Waals surface area contributed by atoms with E-state index in [2.05, 4.69) is 4.72 Å². The lowest BCUT2D eigenvalue weighted by Gasteiger charge is -2.08. The standard InChI is InChI=1S/C13H13FN2O2S/c14-12-8-11(15)6-7-13(12)19(17,18)16-9-10-4-2-1-3-5-10/h1-8,16H,9,15H2. The molecule has 0 fully saturated rings. The Morgan fingerprint density at radius 1 is 1.11 bits per heavy atom. The van der Waals surface area contributed by atoms with E-state index >= 15 is 0 Å². The van der Waals surface area contributed by atoms with Crippen molar-refractivity contribution in [1.82, 2.24) is 4.72 Å². The second-order valence-corrected chi connectivity index (χ2v) is 5.74. The van der Waals surface area contributed by atoms with Crippen LogP contribution < -0.4 is 10.5 Å². The van der Waals surface area contributed by atoms with E-state index in [1.165, 1.54) is 6.07 Å². The molecule has 6 heteroatoms. The highest BCUT2D eigenvalue weighted by atomic mass is 32.2.